The van der Waals surface area contributed by atoms with Crippen molar-refractivity contribution in [2.75, 3.05) is 5.32 Å². The van der Waals surface area contributed by atoms with Crippen LogP contribution in [0.5, 0.6) is 0 Å². The number of aromatic nitrogens is 2. The van der Waals surface area contributed by atoms with Gasteiger partial charge in [0, 0.05) is 18.1 Å². The predicted octanol–water partition coefficient (Wildman–Crippen LogP) is 2.53. The Hall–Kier alpha value is -2.43. The molecular weight excluding hydrogens is 230 g/mol. The molecule has 0 aliphatic heterocycles. The molecule has 2 aromatic rings. The van der Waals surface area contributed by atoms with Gasteiger partial charge in [0.25, 0.3) is 0 Å². The molecule has 0 saturated heterocycles. The summed E-state index contributed by atoms with van der Waals surface area (Å²) in [6.45, 7) is 2.09. The molecule has 1 heterocycles. The third-order valence-electron chi connectivity index (χ3n) is 2.27. The van der Waals surface area contributed by atoms with Crippen molar-refractivity contribution >= 4 is 11.8 Å². The van der Waals surface area contributed by atoms with E-state index in [9.17, 15) is 4.79 Å². The highest BCUT2D eigenvalue weighted by molar-refractivity contribution is 5.84. The van der Waals surface area contributed by atoms with Gasteiger partial charge in [-0.1, -0.05) is 17.7 Å². The van der Waals surface area contributed by atoms with Crippen LogP contribution in [-0.2, 0) is 11.3 Å². The molecule has 0 bridgehead atoms. The lowest BCUT2D eigenvalue weighted by molar-refractivity contribution is 0.153. The van der Waals surface area contributed by atoms with Gasteiger partial charge in [0.2, 0.25) is 0 Å². The topological polar surface area (TPSA) is 64.1 Å². The summed E-state index contributed by atoms with van der Waals surface area (Å²) >= 11 is 0. The van der Waals surface area contributed by atoms with Crippen molar-refractivity contribution < 1.29 is 9.53 Å². The Labute approximate surface area is 105 Å². The van der Waals surface area contributed by atoms with E-state index in [0.717, 1.165) is 5.56 Å². The summed E-state index contributed by atoms with van der Waals surface area (Å²) in [5.41, 5.74) is 2.44. The molecule has 0 atom stereocenters. The normalized spacial score (nSPS) is 9.83. The molecule has 0 radical (unpaired) electrons. The maximum absolute atomic E-state index is 11.5. The van der Waals surface area contributed by atoms with Crippen molar-refractivity contribution in [3.63, 3.8) is 0 Å². The summed E-state index contributed by atoms with van der Waals surface area (Å²) in [6, 6.07) is 7.47. The smallest absolute Gasteiger partial charge is 0.412 e. The van der Waals surface area contributed by atoms with E-state index in [2.05, 4.69) is 15.3 Å². The van der Waals surface area contributed by atoms with Crippen molar-refractivity contribution in [2.24, 2.45) is 0 Å². The number of hydrogen-bond acceptors (Lipinski definition) is 4. The average molecular weight is 243 g/mol. The molecule has 0 saturated carbocycles. The molecular formula is C13H13N3O2. The van der Waals surface area contributed by atoms with Crippen LogP contribution < -0.4 is 5.32 Å². The first-order valence-electron chi connectivity index (χ1n) is 5.49. The zero-order valence-electron chi connectivity index (χ0n) is 9.96. The van der Waals surface area contributed by atoms with E-state index in [1.807, 2.05) is 31.2 Å². The molecule has 1 aromatic carbocycles. The van der Waals surface area contributed by atoms with Gasteiger partial charge in [-0.15, -0.1) is 0 Å². The number of carbonyl (C=O) groups is 1. The third kappa shape index (κ3) is 3.55. The number of hydrogen-bond donors (Lipinski definition) is 1. The van der Waals surface area contributed by atoms with E-state index in [4.69, 9.17) is 4.74 Å². The largest absolute Gasteiger partial charge is 0.443 e. The van der Waals surface area contributed by atoms with Gasteiger partial charge in [0.1, 0.15) is 6.61 Å². The second-order valence-electron chi connectivity index (χ2n) is 3.76. The number of carbonyl (C=O) groups excluding carboxylic acids is 1. The Bertz CT molecular complexity index is 512. The quantitative estimate of drug-likeness (QED) is 0.899. The van der Waals surface area contributed by atoms with Crippen LogP contribution in [-0.4, -0.2) is 16.1 Å². The predicted molar refractivity (Wildman–Crippen MR) is 67.0 cm³/mol. The maximum Gasteiger partial charge on any atom is 0.412 e. The Morgan fingerprint density at radius 1 is 1.28 bits per heavy atom. The fourth-order valence-electron chi connectivity index (χ4n) is 1.33. The fourth-order valence-corrected chi connectivity index (χ4v) is 1.33. The summed E-state index contributed by atoms with van der Waals surface area (Å²) in [6.07, 6.45) is 4.16. The zero-order chi connectivity index (χ0) is 12.8. The molecule has 2 rings (SSSR count). The first-order valence-corrected chi connectivity index (χ1v) is 5.49. The van der Waals surface area contributed by atoms with E-state index in [1.165, 1.54) is 0 Å². The van der Waals surface area contributed by atoms with Gasteiger partial charge < -0.3 is 4.74 Å². The van der Waals surface area contributed by atoms with Gasteiger partial charge in [-0.05, 0) is 19.1 Å². The number of rotatable bonds is 3. The van der Waals surface area contributed by atoms with Crippen molar-refractivity contribution in [3.05, 3.63) is 54.1 Å². The standard InChI is InChI=1S/C13H13N3O2/c1-10-2-4-11(5-3-10)16-13(17)18-9-12-8-14-6-7-15-12/h2-8H,9H2,1H3,(H,16,17). The number of ether oxygens (including phenoxy) is 1. The molecule has 5 heteroatoms. The van der Waals surface area contributed by atoms with Crippen molar-refractivity contribution in [2.45, 2.75) is 13.5 Å². The third-order valence-corrected chi connectivity index (χ3v) is 2.27. The summed E-state index contributed by atoms with van der Waals surface area (Å²) in [5.74, 6) is 0. The van der Waals surface area contributed by atoms with Gasteiger partial charge in [-0.25, -0.2) is 4.79 Å². The molecule has 1 N–H and O–H groups in total. The molecule has 0 unspecified atom stereocenters. The van der Waals surface area contributed by atoms with Gasteiger partial charge >= 0.3 is 6.09 Å². The van der Waals surface area contributed by atoms with Gasteiger partial charge in [0.15, 0.2) is 0 Å². The average Bonchev–Trinajstić information content (AvgIpc) is 2.40. The number of aryl methyl sites for hydroxylation is 1. The molecule has 1 aromatic heterocycles. The molecule has 92 valence electrons. The van der Waals surface area contributed by atoms with Crippen molar-refractivity contribution in [1.82, 2.24) is 9.97 Å². The summed E-state index contributed by atoms with van der Waals surface area (Å²) in [7, 11) is 0. The maximum atomic E-state index is 11.5. The van der Waals surface area contributed by atoms with E-state index >= 15 is 0 Å². The summed E-state index contributed by atoms with van der Waals surface area (Å²) < 4.78 is 5.01. The lowest BCUT2D eigenvalue weighted by Crippen LogP contribution is -2.13. The van der Waals surface area contributed by atoms with Crippen LogP contribution in [0.15, 0.2) is 42.9 Å². The minimum Gasteiger partial charge on any atom is -0.443 e. The first kappa shape index (κ1) is 12.0. The molecule has 1 amide bonds. The van der Waals surface area contributed by atoms with Crippen LogP contribution in [0.2, 0.25) is 0 Å². The second-order valence-corrected chi connectivity index (χ2v) is 3.76. The van der Waals surface area contributed by atoms with Crippen molar-refractivity contribution in [3.8, 4) is 0 Å². The minimum absolute atomic E-state index is 0.103. The highest BCUT2D eigenvalue weighted by Crippen LogP contribution is 2.09. The Morgan fingerprint density at radius 2 is 2.06 bits per heavy atom. The number of nitrogens with zero attached hydrogens (tertiary/aromatic N) is 2. The number of amides is 1. The van der Waals surface area contributed by atoms with Crippen molar-refractivity contribution in [1.29, 1.82) is 0 Å². The first-order chi connectivity index (χ1) is 8.74. The van der Waals surface area contributed by atoms with Crippen LogP contribution in [0.3, 0.4) is 0 Å². The van der Waals surface area contributed by atoms with Gasteiger partial charge in [-0.2, -0.15) is 0 Å². The SMILES string of the molecule is Cc1ccc(NC(=O)OCc2cnccn2)cc1. The molecule has 0 spiro atoms. The zero-order valence-corrected chi connectivity index (χ0v) is 9.96. The Kier molecular flexibility index (Phi) is 3.86. The summed E-state index contributed by atoms with van der Waals surface area (Å²) in [4.78, 5) is 19.4. The highest BCUT2D eigenvalue weighted by atomic mass is 16.5. The van der Waals surface area contributed by atoms with E-state index in [1.54, 1.807) is 18.6 Å². The molecule has 0 aliphatic rings. The minimum atomic E-state index is -0.510. The summed E-state index contributed by atoms with van der Waals surface area (Å²) in [5, 5.41) is 2.63. The number of anilines is 1. The molecule has 18 heavy (non-hydrogen) atoms. The molecule has 0 aliphatic carbocycles. The van der Waals surface area contributed by atoms with Gasteiger partial charge in [0.05, 0.1) is 11.9 Å². The van der Waals surface area contributed by atoms with Gasteiger partial charge in [-0.3, -0.25) is 15.3 Å². The van der Waals surface area contributed by atoms with E-state index in [-0.39, 0.29) is 6.61 Å². The van der Waals surface area contributed by atoms with Crippen LogP contribution >= 0.6 is 0 Å². The Morgan fingerprint density at radius 3 is 2.72 bits per heavy atom. The second kappa shape index (κ2) is 5.77. The van der Waals surface area contributed by atoms with Crippen LogP contribution in [0.4, 0.5) is 10.5 Å². The highest BCUT2D eigenvalue weighted by Gasteiger charge is 2.03. The van der Waals surface area contributed by atoms with E-state index < -0.39 is 6.09 Å². The van der Waals surface area contributed by atoms with Crippen LogP contribution in [0, 0.1) is 6.92 Å². The molecule has 5 nitrogen and oxygen atoms in total. The number of nitrogens with one attached hydrogen (secondary N) is 1. The monoisotopic (exact) mass is 243 g/mol. The Balaban J connectivity index is 1.84. The lowest BCUT2D eigenvalue weighted by Gasteiger charge is -2.06. The van der Waals surface area contributed by atoms with Crippen LogP contribution in [0.1, 0.15) is 11.3 Å². The molecule has 0 fully saturated rings. The lowest BCUT2D eigenvalue weighted by atomic mass is 10.2. The van der Waals surface area contributed by atoms with E-state index in [0.29, 0.717) is 11.4 Å². The number of benzene rings is 1. The van der Waals surface area contributed by atoms with Crippen LogP contribution in [0.25, 0.3) is 0 Å². The fraction of sp³-hybridized carbons (Fsp3) is 0.154.